The van der Waals surface area contributed by atoms with E-state index >= 15 is 0 Å². The maximum atomic E-state index is 8.14. The van der Waals surface area contributed by atoms with E-state index in [1.54, 1.807) is 0 Å². The van der Waals surface area contributed by atoms with E-state index < -0.39 is 18.4 Å². The lowest BCUT2D eigenvalue weighted by molar-refractivity contribution is -0.890. The van der Waals surface area contributed by atoms with Gasteiger partial charge in [0.25, 0.3) is 0 Å². The Labute approximate surface area is 220 Å². The van der Waals surface area contributed by atoms with E-state index in [0.717, 1.165) is 25.7 Å². The van der Waals surface area contributed by atoms with E-state index in [0.29, 0.717) is 12.8 Å². The fraction of sp³-hybridized carbons (Fsp3) is 1.00. The monoisotopic (exact) mass is 480 g/mol. The predicted octanol–water partition coefficient (Wildman–Crippen LogP) is 7.47. The summed E-state index contributed by atoms with van der Waals surface area (Å²) in [4.78, 5) is 0. The third kappa shape index (κ3) is 28.3. The second kappa shape index (κ2) is 27.5. The maximum Gasteiger partial charge on any atom is 0.0886 e. The van der Waals surface area contributed by atoms with Gasteiger partial charge < -0.3 is 16.9 Å². The Morgan fingerprint density at radius 3 is 0.812 bits per heavy atom. The first kappa shape index (κ1) is 24.0. The second-order valence-electron chi connectivity index (χ2n) is 10.2. The zero-order valence-electron chi connectivity index (χ0n) is 28.2. The fourth-order valence-corrected chi connectivity index (χ4v) is 4.56. The standard InChI is InChI=1S/C30H64N.ClH/c1-5-7-9-11-13-15-17-19-21-23-25-27-29-31(3,4)30-28-26-24-22-20-18-16-14-12-10-8-6-2;/h5-30H2,1-4H3;1H/q+1;/p-1/i3D3,4D3;. The topological polar surface area (TPSA) is 0 Å². The molecule has 196 valence electrons. The van der Waals surface area contributed by atoms with Gasteiger partial charge in [-0.05, 0) is 25.7 Å². The quantitative estimate of drug-likeness (QED) is 0.0890. The van der Waals surface area contributed by atoms with Crippen LogP contribution in [0.25, 0.3) is 0 Å². The molecule has 0 unspecified atom stereocenters. The molecule has 0 aromatic rings. The number of nitrogens with zero attached hydrogens (tertiary/aromatic N) is 1. The van der Waals surface area contributed by atoms with Crippen molar-refractivity contribution in [2.75, 3.05) is 27.0 Å². The van der Waals surface area contributed by atoms with Crippen molar-refractivity contribution < 1.29 is 25.1 Å². The van der Waals surface area contributed by atoms with Crippen LogP contribution < -0.4 is 12.4 Å². The van der Waals surface area contributed by atoms with Crippen molar-refractivity contribution in [2.24, 2.45) is 0 Å². The SMILES string of the molecule is [2H]C([2H])([2H])[N+](CCCCCCCCCCCCCC)(CCCCCCCCCCCCCC)C([2H])([2H])[2H].[Cl-]. The van der Waals surface area contributed by atoms with Crippen molar-refractivity contribution >= 4 is 0 Å². The van der Waals surface area contributed by atoms with E-state index in [4.69, 9.17) is 8.22 Å². The van der Waals surface area contributed by atoms with Crippen LogP contribution in [0.4, 0.5) is 0 Å². The summed E-state index contributed by atoms with van der Waals surface area (Å²) >= 11 is 0. The number of quaternary nitrogens is 1. The lowest BCUT2D eigenvalue weighted by Crippen LogP contribution is -3.00. The summed E-state index contributed by atoms with van der Waals surface area (Å²) in [6, 6.07) is 0. The third-order valence-electron chi connectivity index (χ3n) is 6.79. The van der Waals surface area contributed by atoms with Gasteiger partial charge in [0, 0.05) is 0 Å². The molecule has 0 heterocycles. The van der Waals surface area contributed by atoms with Crippen LogP contribution in [0.1, 0.15) is 176 Å². The molecule has 0 atom stereocenters. The van der Waals surface area contributed by atoms with Crippen LogP contribution in [0.5, 0.6) is 0 Å². The van der Waals surface area contributed by atoms with E-state index in [1.807, 2.05) is 0 Å². The van der Waals surface area contributed by atoms with Gasteiger partial charge in [-0.3, -0.25) is 0 Å². The van der Waals surface area contributed by atoms with E-state index in [1.165, 1.54) is 116 Å². The molecule has 0 aliphatic heterocycles. The van der Waals surface area contributed by atoms with E-state index in [9.17, 15) is 0 Å². The summed E-state index contributed by atoms with van der Waals surface area (Å²) in [5.41, 5.74) is 0. The van der Waals surface area contributed by atoms with Gasteiger partial charge in [-0.25, -0.2) is 0 Å². The average molecular weight is 480 g/mol. The Kier molecular flexibility index (Phi) is 20.6. The molecule has 0 N–H and O–H groups in total. The van der Waals surface area contributed by atoms with E-state index in [2.05, 4.69) is 13.8 Å². The highest BCUT2D eigenvalue weighted by Crippen LogP contribution is 2.15. The van der Waals surface area contributed by atoms with Gasteiger partial charge >= 0.3 is 0 Å². The molecule has 0 saturated heterocycles. The summed E-state index contributed by atoms with van der Waals surface area (Å²) in [6.07, 6.45) is 28.9. The molecule has 0 amide bonds. The van der Waals surface area contributed by atoms with Gasteiger partial charge in [-0.15, -0.1) is 0 Å². The first-order valence-corrected chi connectivity index (χ1v) is 14.5. The molecule has 0 bridgehead atoms. The van der Waals surface area contributed by atoms with Gasteiger partial charge in [-0.1, -0.05) is 142 Å². The van der Waals surface area contributed by atoms with Crippen molar-refractivity contribution in [1.29, 1.82) is 0 Å². The number of hydrogen-bond acceptors (Lipinski definition) is 0. The van der Waals surface area contributed by atoms with Crippen LogP contribution in [0.2, 0.25) is 0 Å². The first-order chi connectivity index (χ1) is 17.6. The van der Waals surface area contributed by atoms with Gasteiger partial charge in [0.2, 0.25) is 0 Å². The van der Waals surface area contributed by atoms with Crippen LogP contribution in [0, 0.1) is 0 Å². The molecular formula is C30H64ClN. The molecule has 0 spiro atoms. The highest BCUT2D eigenvalue weighted by molar-refractivity contribution is 4.50. The highest BCUT2D eigenvalue weighted by Gasteiger charge is 2.13. The number of hydrogen-bond donors (Lipinski definition) is 0. The molecular weight excluding hydrogens is 410 g/mol. The molecule has 2 heteroatoms. The Morgan fingerprint density at radius 2 is 0.594 bits per heavy atom. The minimum atomic E-state index is -2.50. The molecule has 0 saturated carbocycles. The third-order valence-corrected chi connectivity index (χ3v) is 6.79. The van der Waals surface area contributed by atoms with Crippen molar-refractivity contribution in [1.82, 2.24) is 0 Å². The van der Waals surface area contributed by atoms with Crippen LogP contribution in [0.3, 0.4) is 0 Å². The predicted molar refractivity (Wildman–Crippen MR) is 144 cm³/mol. The molecule has 0 rings (SSSR count). The molecule has 0 aliphatic carbocycles. The normalized spacial score (nSPS) is 15.2. The highest BCUT2D eigenvalue weighted by atomic mass is 35.5. The zero-order chi connectivity index (χ0) is 27.9. The molecule has 0 radical (unpaired) electrons. The minimum Gasteiger partial charge on any atom is -1.00 e. The molecule has 32 heavy (non-hydrogen) atoms. The summed E-state index contributed by atoms with van der Waals surface area (Å²) in [7, 11) is 0. The number of rotatable bonds is 26. The van der Waals surface area contributed by atoms with E-state index in [-0.39, 0.29) is 25.5 Å². The lowest BCUT2D eigenvalue weighted by atomic mass is 10.0. The Balaban J connectivity index is 0. The fourth-order valence-electron chi connectivity index (χ4n) is 4.56. The summed E-state index contributed by atoms with van der Waals surface area (Å²) in [5.74, 6) is 0. The summed E-state index contributed by atoms with van der Waals surface area (Å²) in [6.45, 7) is -0.0243. The van der Waals surface area contributed by atoms with Crippen molar-refractivity contribution in [3.63, 3.8) is 0 Å². The molecule has 0 aromatic carbocycles. The second-order valence-corrected chi connectivity index (χ2v) is 10.2. The molecule has 0 aliphatic rings. The Morgan fingerprint density at radius 1 is 0.375 bits per heavy atom. The Bertz CT molecular complexity index is 452. The smallest absolute Gasteiger partial charge is 0.0886 e. The largest absolute Gasteiger partial charge is 1.00 e. The lowest BCUT2D eigenvalue weighted by Gasteiger charge is -2.30. The van der Waals surface area contributed by atoms with Gasteiger partial charge in [0.05, 0.1) is 35.3 Å². The van der Waals surface area contributed by atoms with Crippen molar-refractivity contribution in [3.05, 3.63) is 0 Å². The van der Waals surface area contributed by atoms with Gasteiger partial charge in [0.15, 0.2) is 0 Å². The van der Waals surface area contributed by atoms with Crippen molar-refractivity contribution in [3.8, 4) is 0 Å². The van der Waals surface area contributed by atoms with Gasteiger partial charge in [-0.2, -0.15) is 0 Å². The molecule has 0 aromatic heterocycles. The number of unbranched alkanes of at least 4 members (excludes halogenated alkanes) is 22. The van der Waals surface area contributed by atoms with Crippen LogP contribution >= 0.6 is 0 Å². The zero-order valence-corrected chi connectivity index (χ0v) is 23.0. The summed E-state index contributed by atoms with van der Waals surface area (Å²) in [5, 5.41) is 0. The number of halogens is 1. The molecule has 0 fully saturated rings. The van der Waals surface area contributed by atoms with Crippen LogP contribution in [0.15, 0.2) is 0 Å². The van der Waals surface area contributed by atoms with Crippen molar-refractivity contribution in [2.45, 2.75) is 168 Å². The maximum absolute atomic E-state index is 8.14. The molecule has 1 nitrogen and oxygen atoms in total. The first-order valence-electron chi connectivity index (χ1n) is 17.5. The minimum absolute atomic E-state index is 0. The van der Waals surface area contributed by atoms with Crippen LogP contribution in [-0.2, 0) is 0 Å². The van der Waals surface area contributed by atoms with Gasteiger partial charge in [0.1, 0.15) is 0 Å². The van der Waals surface area contributed by atoms with Crippen LogP contribution in [-0.4, -0.2) is 31.5 Å². The average Bonchev–Trinajstić information content (AvgIpc) is 2.82. The Hall–Kier alpha value is 0.250. The summed E-state index contributed by atoms with van der Waals surface area (Å²) < 4.78 is 48.2.